The van der Waals surface area contributed by atoms with E-state index in [1.54, 1.807) is 60.9 Å². The van der Waals surface area contributed by atoms with Gasteiger partial charge in [-0.15, -0.1) is 0 Å². The number of pyridine rings is 2. The average molecular weight is 801 g/mol. The molecule has 7 aromatic carbocycles. The Morgan fingerprint density at radius 2 is 0.552 bits per heavy atom. The van der Waals surface area contributed by atoms with Gasteiger partial charge in [0.15, 0.2) is 0 Å². The first-order chi connectivity index (χ1) is 28.1. The molecule has 0 bridgehead atoms. The lowest BCUT2D eigenvalue weighted by atomic mass is 9.96. The quantitative estimate of drug-likeness (QED) is 0.0869. The van der Waals surface area contributed by atoms with E-state index in [0.717, 1.165) is 75.9 Å². The minimum atomic E-state index is -2.48. The predicted molar refractivity (Wildman–Crippen MR) is 239 cm³/mol. The van der Waals surface area contributed by atoms with Crippen molar-refractivity contribution in [2.24, 2.45) is 0 Å². The number of nitrogens with zero attached hydrogens (tertiary/aromatic N) is 2. The van der Waals surface area contributed by atoms with E-state index in [2.05, 4.69) is 60.7 Å². The van der Waals surface area contributed by atoms with Crippen molar-refractivity contribution in [2.45, 2.75) is 0 Å². The molecule has 8 heteroatoms. The Morgan fingerprint density at radius 3 is 0.810 bits per heavy atom. The zero-order valence-corrected chi connectivity index (χ0v) is 32.8. The summed E-state index contributed by atoms with van der Waals surface area (Å²) in [6, 6.07) is 50.3. The van der Waals surface area contributed by atoms with Gasteiger partial charge in [-0.1, -0.05) is 122 Å². The molecule has 0 saturated carbocycles. The molecule has 0 amide bonds. The topological polar surface area (TPSA) is 25.8 Å². The van der Waals surface area contributed by atoms with Crippen molar-refractivity contribution in [3.05, 3.63) is 206 Å². The molecular weight excluding hydrogens is 767 g/mol. The van der Waals surface area contributed by atoms with E-state index in [1.165, 1.54) is 48.5 Å². The van der Waals surface area contributed by atoms with Gasteiger partial charge in [0, 0.05) is 23.2 Å². The second-order valence-electron chi connectivity index (χ2n) is 14.2. The van der Waals surface area contributed by atoms with E-state index in [9.17, 15) is 17.6 Å². The third-order valence-electron chi connectivity index (χ3n) is 10.9. The zero-order valence-electron chi connectivity index (χ0n) is 31.0. The molecule has 0 N–H and O–H groups in total. The molecule has 9 rings (SSSR count). The molecule has 2 aromatic heterocycles. The molecule has 0 aliphatic carbocycles. The largest absolute Gasteiger partial charge is 0.254 e. The standard InChI is InChI=1S/C50H34F4N2P2/c1-57(41-19-7-35(51)8-20-41,42-21-9-36(52)10-22-42)39-15-3-33(4-16-39)45-29-31-55-49-47(45)27-28-48-46(30-32-56-50(48)49)34-5-17-40(18-6-34)58(2,43-23-11-37(53)12-24-43)44-25-13-38(54)14-26-44/h3-32H,1-2H2. The van der Waals surface area contributed by atoms with Gasteiger partial charge in [0.05, 0.1) is 11.0 Å². The van der Waals surface area contributed by atoms with Gasteiger partial charge in [-0.3, -0.25) is 9.97 Å². The van der Waals surface area contributed by atoms with Crippen molar-refractivity contribution in [3.63, 3.8) is 0 Å². The Hall–Kier alpha value is -6.32. The molecule has 58 heavy (non-hydrogen) atoms. The fourth-order valence-corrected chi connectivity index (χ4v) is 13.5. The van der Waals surface area contributed by atoms with E-state index in [0.29, 0.717) is 0 Å². The summed E-state index contributed by atoms with van der Waals surface area (Å²) in [5.74, 6) is -1.32. The van der Waals surface area contributed by atoms with E-state index in [4.69, 9.17) is 22.6 Å². The number of hydrogen-bond donors (Lipinski definition) is 0. The summed E-state index contributed by atoms with van der Waals surface area (Å²) >= 11 is 0. The van der Waals surface area contributed by atoms with Crippen LogP contribution >= 0.6 is 13.8 Å². The van der Waals surface area contributed by atoms with Crippen LogP contribution in [-0.2, 0) is 0 Å². The lowest BCUT2D eigenvalue weighted by molar-refractivity contribution is 0.628. The maximum atomic E-state index is 14.0. The predicted octanol–water partition coefficient (Wildman–Crippen LogP) is 10.1. The molecule has 0 radical (unpaired) electrons. The third-order valence-corrected chi connectivity index (χ3v) is 18.0. The Bertz CT molecular complexity index is 2750. The van der Waals surface area contributed by atoms with Crippen LogP contribution in [0.1, 0.15) is 0 Å². The average Bonchev–Trinajstić information content (AvgIpc) is 3.26. The van der Waals surface area contributed by atoms with Crippen molar-refractivity contribution in [1.29, 1.82) is 0 Å². The highest BCUT2D eigenvalue weighted by molar-refractivity contribution is 7.93. The molecule has 0 aliphatic rings. The van der Waals surface area contributed by atoms with Crippen molar-refractivity contribution >= 4 is 80.0 Å². The second kappa shape index (κ2) is 14.9. The Morgan fingerprint density at radius 1 is 0.310 bits per heavy atom. The van der Waals surface area contributed by atoms with Crippen LogP contribution in [0.15, 0.2) is 182 Å². The second-order valence-corrected chi connectivity index (χ2v) is 20.5. The summed E-state index contributed by atoms with van der Waals surface area (Å²) in [4.78, 5) is 9.64. The van der Waals surface area contributed by atoms with Crippen LogP contribution in [0.25, 0.3) is 44.1 Å². The fourth-order valence-electron chi connectivity index (χ4n) is 7.80. The minimum Gasteiger partial charge on any atom is -0.254 e. The Labute approximate surface area is 334 Å². The van der Waals surface area contributed by atoms with Crippen molar-refractivity contribution in [3.8, 4) is 22.3 Å². The maximum absolute atomic E-state index is 14.0. The van der Waals surface area contributed by atoms with Gasteiger partial charge in [-0.2, -0.15) is 0 Å². The first-order valence-electron chi connectivity index (χ1n) is 18.5. The highest BCUT2D eigenvalue weighted by atomic mass is 31.2. The van der Waals surface area contributed by atoms with Crippen molar-refractivity contribution in [2.75, 3.05) is 0 Å². The van der Waals surface area contributed by atoms with Gasteiger partial charge < -0.3 is 0 Å². The van der Waals surface area contributed by atoms with Gasteiger partial charge in [0.2, 0.25) is 0 Å². The minimum absolute atomic E-state index is 0.329. The van der Waals surface area contributed by atoms with Crippen LogP contribution in [-0.4, -0.2) is 22.6 Å². The molecule has 2 nitrogen and oxygen atoms in total. The molecular formula is C50H34F4N2P2. The Balaban J connectivity index is 1.09. The van der Waals surface area contributed by atoms with Gasteiger partial charge in [-0.05, 0) is 129 Å². The van der Waals surface area contributed by atoms with Gasteiger partial charge in [0.1, 0.15) is 23.3 Å². The number of aromatic nitrogens is 2. The molecule has 0 saturated heterocycles. The van der Waals surface area contributed by atoms with Gasteiger partial charge >= 0.3 is 0 Å². The number of benzene rings is 7. The number of rotatable bonds is 8. The fraction of sp³-hybridized carbons (Fsp3) is 0. The van der Waals surface area contributed by atoms with Crippen LogP contribution in [0.5, 0.6) is 0 Å². The molecule has 0 atom stereocenters. The molecule has 0 spiro atoms. The first kappa shape index (κ1) is 37.3. The molecule has 282 valence electrons. The van der Waals surface area contributed by atoms with E-state index in [-0.39, 0.29) is 23.3 Å². The van der Waals surface area contributed by atoms with Crippen molar-refractivity contribution < 1.29 is 17.6 Å². The van der Waals surface area contributed by atoms with E-state index in [1.807, 2.05) is 12.1 Å². The summed E-state index contributed by atoms with van der Waals surface area (Å²) in [6.07, 6.45) is 13.1. The van der Waals surface area contributed by atoms with E-state index >= 15 is 0 Å². The monoisotopic (exact) mass is 800 g/mol. The highest BCUT2D eigenvalue weighted by Gasteiger charge is 2.25. The van der Waals surface area contributed by atoms with E-state index < -0.39 is 13.8 Å². The van der Waals surface area contributed by atoms with Gasteiger partial charge in [-0.25, -0.2) is 17.6 Å². The van der Waals surface area contributed by atoms with Crippen LogP contribution in [0.2, 0.25) is 0 Å². The van der Waals surface area contributed by atoms with Gasteiger partial charge in [0.25, 0.3) is 0 Å². The molecule has 9 aromatic rings. The van der Waals surface area contributed by atoms with Crippen LogP contribution in [0.3, 0.4) is 0 Å². The number of halogens is 4. The summed E-state index contributed by atoms with van der Waals surface area (Å²) < 4.78 is 56.0. The summed E-state index contributed by atoms with van der Waals surface area (Å²) in [5, 5.41) is 7.39. The molecule has 0 fully saturated rings. The number of fused-ring (bicyclic) bond motifs is 3. The SMILES string of the molecule is C=P(c1ccc(F)cc1)(c1ccc(F)cc1)c1ccc(-c2ccnc3c2ccc2c(-c4ccc(P(=C)(c5ccc(F)cc5)c5ccc(F)cc5)cc4)ccnc23)cc1. The summed E-state index contributed by atoms with van der Waals surface area (Å²) in [7, 11) is 0. The smallest absolute Gasteiger partial charge is 0.123 e. The van der Waals surface area contributed by atoms with Crippen molar-refractivity contribution in [1.82, 2.24) is 9.97 Å². The summed E-state index contributed by atoms with van der Waals surface area (Å²) in [5.41, 5.74) is 5.48. The van der Waals surface area contributed by atoms with Crippen LogP contribution < -0.4 is 31.8 Å². The highest BCUT2D eigenvalue weighted by Crippen LogP contribution is 2.44. The summed E-state index contributed by atoms with van der Waals surface area (Å²) in [6.45, 7) is -4.95. The normalized spacial score (nSPS) is 11.9. The number of hydrogen-bond acceptors (Lipinski definition) is 2. The molecule has 0 aliphatic heterocycles. The maximum Gasteiger partial charge on any atom is 0.123 e. The lowest BCUT2D eigenvalue weighted by Gasteiger charge is -2.27. The Kier molecular flexibility index (Phi) is 9.56. The third kappa shape index (κ3) is 6.49. The first-order valence-corrected chi connectivity index (χ1v) is 22.5. The molecule has 0 unspecified atom stereocenters. The molecule has 2 heterocycles. The lowest BCUT2D eigenvalue weighted by Crippen LogP contribution is -2.25. The zero-order chi connectivity index (χ0) is 40.0. The van der Waals surface area contributed by atoms with Crippen LogP contribution in [0, 0.1) is 23.3 Å². The van der Waals surface area contributed by atoms with Crippen LogP contribution in [0.4, 0.5) is 17.6 Å².